The fourth-order valence-electron chi connectivity index (χ4n) is 1.82. The van der Waals surface area contributed by atoms with E-state index in [1.807, 2.05) is 18.2 Å². The topological polar surface area (TPSA) is 55.2 Å². The molecule has 2 rings (SSSR count). The number of benzene rings is 2. The highest BCUT2D eigenvalue weighted by Crippen LogP contribution is 2.20. The van der Waals surface area contributed by atoms with Crippen molar-refractivity contribution < 1.29 is 9.31 Å². The van der Waals surface area contributed by atoms with Crippen LogP contribution in [0.25, 0.3) is 0 Å². The van der Waals surface area contributed by atoms with E-state index >= 15 is 0 Å². The van der Waals surface area contributed by atoms with Crippen molar-refractivity contribution in [1.29, 1.82) is 0 Å². The Morgan fingerprint density at radius 1 is 1.10 bits per heavy atom. The van der Waals surface area contributed by atoms with Crippen molar-refractivity contribution in [2.75, 3.05) is 0 Å². The Hall–Kier alpha value is -1.98. The molecule has 0 fully saturated rings. The van der Waals surface area contributed by atoms with Crippen LogP contribution in [-0.4, -0.2) is 4.92 Å². The van der Waals surface area contributed by atoms with Crippen molar-refractivity contribution in [2.24, 2.45) is 0 Å². The number of rotatable bonds is 5. The molecule has 104 valence electrons. The molecule has 0 aromatic heterocycles. The fourth-order valence-corrected chi connectivity index (χ4v) is 2.02. The largest absolute Gasteiger partial charge is 0.308 e. The number of nitrogens with one attached hydrogen (secondary N) is 1. The molecule has 0 radical (unpaired) electrons. The average molecular weight is 295 g/mol. The van der Waals surface area contributed by atoms with Gasteiger partial charge in [0, 0.05) is 29.7 Å². The zero-order chi connectivity index (χ0) is 14.5. The predicted octanol–water partition coefficient (Wildman–Crippen LogP) is 3.68. The van der Waals surface area contributed by atoms with Gasteiger partial charge in [0.25, 0.3) is 0 Å². The molecule has 0 spiro atoms. The second-order valence-corrected chi connectivity index (χ2v) is 4.61. The van der Waals surface area contributed by atoms with Gasteiger partial charge in [0.2, 0.25) is 5.82 Å². The van der Waals surface area contributed by atoms with Gasteiger partial charge in [-0.15, -0.1) is 0 Å². The molecule has 20 heavy (non-hydrogen) atoms. The minimum absolute atomic E-state index is 0.193. The van der Waals surface area contributed by atoms with E-state index < -0.39 is 16.4 Å². The average Bonchev–Trinajstić information content (AvgIpc) is 2.42. The van der Waals surface area contributed by atoms with E-state index in [2.05, 4.69) is 5.32 Å². The van der Waals surface area contributed by atoms with Gasteiger partial charge in [-0.25, -0.2) is 0 Å². The normalized spacial score (nSPS) is 10.5. The minimum Gasteiger partial charge on any atom is -0.308 e. The van der Waals surface area contributed by atoms with Gasteiger partial charge in [-0.2, -0.15) is 4.39 Å². The van der Waals surface area contributed by atoms with Crippen LogP contribution in [0.5, 0.6) is 0 Å². The number of hydrogen-bond acceptors (Lipinski definition) is 3. The maximum absolute atomic E-state index is 13.8. The van der Waals surface area contributed by atoms with Crippen molar-refractivity contribution in [3.63, 3.8) is 0 Å². The number of halogens is 2. The van der Waals surface area contributed by atoms with Gasteiger partial charge in [0.05, 0.1) is 4.92 Å². The standard InChI is InChI=1S/C14H12ClFN2O2/c15-12-6-2-1-4-10(12)8-17-9-11-5-3-7-13(14(11)16)18(19)20/h1-7,17H,8-9H2. The van der Waals surface area contributed by atoms with Crippen LogP contribution in [0.1, 0.15) is 11.1 Å². The maximum atomic E-state index is 13.8. The molecule has 0 unspecified atom stereocenters. The van der Waals surface area contributed by atoms with E-state index in [-0.39, 0.29) is 12.1 Å². The van der Waals surface area contributed by atoms with E-state index in [4.69, 9.17) is 11.6 Å². The Balaban J connectivity index is 2.03. The van der Waals surface area contributed by atoms with E-state index in [0.717, 1.165) is 11.6 Å². The van der Waals surface area contributed by atoms with Crippen LogP contribution in [0.3, 0.4) is 0 Å². The molecule has 0 aliphatic carbocycles. The number of nitrogens with zero attached hydrogens (tertiary/aromatic N) is 1. The quantitative estimate of drug-likeness (QED) is 0.676. The number of nitro groups is 1. The summed E-state index contributed by atoms with van der Waals surface area (Å²) in [5, 5.41) is 14.3. The lowest BCUT2D eigenvalue weighted by molar-refractivity contribution is -0.387. The summed E-state index contributed by atoms with van der Waals surface area (Å²) in [7, 11) is 0. The van der Waals surface area contributed by atoms with E-state index in [1.165, 1.54) is 12.1 Å². The third kappa shape index (κ3) is 3.31. The lowest BCUT2D eigenvalue weighted by Gasteiger charge is -2.07. The summed E-state index contributed by atoms with van der Waals surface area (Å²) in [6, 6.07) is 11.4. The molecular formula is C14H12ClFN2O2. The van der Waals surface area contributed by atoms with Crippen LogP contribution in [0, 0.1) is 15.9 Å². The van der Waals surface area contributed by atoms with Gasteiger partial charge in [0.1, 0.15) is 0 Å². The van der Waals surface area contributed by atoms with Crippen molar-refractivity contribution in [3.05, 3.63) is 74.5 Å². The summed E-state index contributed by atoms with van der Waals surface area (Å²) in [6.07, 6.45) is 0. The lowest BCUT2D eigenvalue weighted by atomic mass is 10.1. The first kappa shape index (κ1) is 14.4. The van der Waals surface area contributed by atoms with Crippen LogP contribution in [0.15, 0.2) is 42.5 Å². The molecule has 6 heteroatoms. The minimum atomic E-state index is -0.802. The molecule has 0 bridgehead atoms. The van der Waals surface area contributed by atoms with Gasteiger partial charge >= 0.3 is 5.69 Å². The Kier molecular flexibility index (Phi) is 4.65. The summed E-state index contributed by atoms with van der Waals surface area (Å²) in [6.45, 7) is 0.653. The number of hydrogen-bond donors (Lipinski definition) is 1. The van der Waals surface area contributed by atoms with Gasteiger partial charge < -0.3 is 5.32 Å². The molecule has 0 heterocycles. The first-order chi connectivity index (χ1) is 9.59. The molecule has 4 nitrogen and oxygen atoms in total. The summed E-state index contributed by atoms with van der Waals surface area (Å²) < 4.78 is 13.8. The monoisotopic (exact) mass is 294 g/mol. The van der Waals surface area contributed by atoms with Crippen LogP contribution >= 0.6 is 11.6 Å². The van der Waals surface area contributed by atoms with Gasteiger partial charge in [-0.05, 0) is 11.6 Å². The molecule has 0 aliphatic heterocycles. The zero-order valence-corrected chi connectivity index (χ0v) is 11.2. The zero-order valence-electron chi connectivity index (χ0n) is 10.5. The van der Waals surface area contributed by atoms with E-state index in [0.29, 0.717) is 11.6 Å². The highest BCUT2D eigenvalue weighted by molar-refractivity contribution is 6.31. The maximum Gasteiger partial charge on any atom is 0.305 e. The third-order valence-electron chi connectivity index (χ3n) is 2.84. The molecule has 0 amide bonds. The van der Waals surface area contributed by atoms with Crippen molar-refractivity contribution >= 4 is 17.3 Å². The first-order valence-electron chi connectivity index (χ1n) is 5.95. The predicted molar refractivity (Wildman–Crippen MR) is 75.1 cm³/mol. The SMILES string of the molecule is O=[N+]([O-])c1cccc(CNCc2ccccc2Cl)c1F. The molecular weight excluding hydrogens is 283 g/mol. The van der Waals surface area contributed by atoms with Crippen molar-refractivity contribution in [3.8, 4) is 0 Å². The second kappa shape index (κ2) is 6.45. The Bertz CT molecular complexity index is 634. The Morgan fingerprint density at radius 3 is 2.45 bits per heavy atom. The summed E-state index contributed by atoms with van der Waals surface area (Å²) in [5.74, 6) is -0.802. The Morgan fingerprint density at radius 2 is 1.75 bits per heavy atom. The highest BCUT2D eigenvalue weighted by Gasteiger charge is 2.16. The van der Waals surface area contributed by atoms with Crippen molar-refractivity contribution in [1.82, 2.24) is 5.32 Å². The molecule has 0 aliphatic rings. The van der Waals surface area contributed by atoms with Gasteiger partial charge in [-0.3, -0.25) is 10.1 Å². The molecule has 0 saturated carbocycles. The van der Waals surface area contributed by atoms with Crippen LogP contribution in [-0.2, 0) is 13.1 Å². The van der Waals surface area contributed by atoms with Gasteiger partial charge in [-0.1, -0.05) is 41.9 Å². The second-order valence-electron chi connectivity index (χ2n) is 4.20. The van der Waals surface area contributed by atoms with E-state index in [1.54, 1.807) is 6.07 Å². The highest BCUT2D eigenvalue weighted by atomic mass is 35.5. The van der Waals surface area contributed by atoms with Crippen LogP contribution in [0.2, 0.25) is 5.02 Å². The summed E-state index contributed by atoms with van der Waals surface area (Å²) in [4.78, 5) is 9.91. The van der Waals surface area contributed by atoms with E-state index in [9.17, 15) is 14.5 Å². The third-order valence-corrected chi connectivity index (χ3v) is 3.21. The number of nitro benzene ring substituents is 1. The first-order valence-corrected chi connectivity index (χ1v) is 6.33. The smallest absolute Gasteiger partial charge is 0.305 e. The molecule has 2 aromatic carbocycles. The van der Waals surface area contributed by atoms with Gasteiger partial charge in [0.15, 0.2) is 0 Å². The molecule has 0 atom stereocenters. The lowest BCUT2D eigenvalue weighted by Crippen LogP contribution is -2.14. The Labute approximate surface area is 120 Å². The van der Waals surface area contributed by atoms with Crippen molar-refractivity contribution in [2.45, 2.75) is 13.1 Å². The fraction of sp³-hybridized carbons (Fsp3) is 0.143. The molecule has 0 saturated heterocycles. The summed E-state index contributed by atoms with van der Waals surface area (Å²) in [5.41, 5.74) is 0.633. The summed E-state index contributed by atoms with van der Waals surface area (Å²) >= 11 is 6.00. The molecule has 1 N–H and O–H groups in total. The van der Waals surface area contributed by atoms with Crippen LogP contribution in [0.4, 0.5) is 10.1 Å². The van der Waals surface area contributed by atoms with Crippen LogP contribution < -0.4 is 5.32 Å². The molecule has 2 aromatic rings.